The van der Waals surface area contributed by atoms with Gasteiger partial charge in [0.15, 0.2) is 0 Å². The summed E-state index contributed by atoms with van der Waals surface area (Å²) in [5.41, 5.74) is 11.4. The Morgan fingerprint density at radius 2 is 2.28 bits per heavy atom. The van der Waals surface area contributed by atoms with Crippen LogP contribution in [0.2, 0.25) is 0 Å². The Labute approximate surface area is 110 Å². The number of nitrogens with two attached hydrogens (primary N) is 2. The van der Waals surface area contributed by atoms with Gasteiger partial charge in [0.2, 0.25) is 5.91 Å². The van der Waals surface area contributed by atoms with Gasteiger partial charge in [-0.15, -0.1) is 0 Å². The molecule has 18 heavy (non-hydrogen) atoms. The number of hydrogen-bond donors (Lipinski definition) is 2. The zero-order valence-electron chi connectivity index (χ0n) is 9.70. The van der Waals surface area contributed by atoms with Crippen LogP contribution in [0.15, 0.2) is 18.2 Å². The third-order valence-electron chi connectivity index (χ3n) is 2.74. The Balaban J connectivity index is 2.30. The van der Waals surface area contributed by atoms with Crippen LogP contribution in [-0.4, -0.2) is 41.7 Å². The molecule has 0 bridgehead atoms. The number of aromatic nitrogens is 1. The summed E-state index contributed by atoms with van der Waals surface area (Å²) in [4.78, 5) is 17.7. The van der Waals surface area contributed by atoms with Gasteiger partial charge in [0.25, 0.3) is 0 Å². The minimum Gasteiger partial charge on any atom is -0.388 e. The van der Waals surface area contributed by atoms with Crippen molar-refractivity contribution in [2.24, 2.45) is 11.5 Å². The molecular weight excluding hydrogens is 252 g/mol. The maximum absolute atomic E-state index is 11.4. The van der Waals surface area contributed by atoms with E-state index in [1.54, 1.807) is 18.2 Å². The fourth-order valence-electron chi connectivity index (χ4n) is 1.83. The molecular formula is C11H14N4O2S. The smallest absolute Gasteiger partial charge is 0.242 e. The Hall–Kier alpha value is -1.73. The summed E-state index contributed by atoms with van der Waals surface area (Å²) in [5, 5.41) is 0. The molecule has 7 heteroatoms. The molecule has 0 aliphatic carbocycles. The zero-order chi connectivity index (χ0) is 13.1. The normalized spacial score (nSPS) is 19.6. The van der Waals surface area contributed by atoms with Crippen LogP contribution in [0.25, 0.3) is 0 Å². The maximum atomic E-state index is 11.4. The van der Waals surface area contributed by atoms with E-state index in [0.717, 1.165) is 0 Å². The van der Waals surface area contributed by atoms with E-state index < -0.39 is 11.9 Å². The highest BCUT2D eigenvalue weighted by Gasteiger charge is 2.28. The molecule has 1 amide bonds. The number of anilines is 1. The molecule has 96 valence electrons. The van der Waals surface area contributed by atoms with Crippen LogP contribution >= 0.6 is 12.2 Å². The van der Waals surface area contributed by atoms with Crippen molar-refractivity contribution in [3.8, 4) is 0 Å². The fourth-order valence-corrected chi connectivity index (χ4v) is 1.95. The highest BCUT2D eigenvalue weighted by atomic mass is 32.1. The Morgan fingerprint density at radius 3 is 2.94 bits per heavy atom. The predicted molar refractivity (Wildman–Crippen MR) is 71.3 cm³/mol. The molecule has 1 aromatic rings. The molecule has 1 aromatic heterocycles. The summed E-state index contributed by atoms with van der Waals surface area (Å²) in [5.74, 6) is 0.199. The Kier molecular flexibility index (Phi) is 3.73. The number of carbonyl (C=O) groups excluding carboxylic acids is 1. The monoisotopic (exact) mass is 266 g/mol. The van der Waals surface area contributed by atoms with E-state index in [1.165, 1.54) is 0 Å². The molecule has 0 radical (unpaired) electrons. The molecule has 4 N–H and O–H groups in total. The topological polar surface area (TPSA) is 94.5 Å². The number of thiocarbonyl (C=S) groups is 1. The van der Waals surface area contributed by atoms with Gasteiger partial charge in [-0.3, -0.25) is 4.79 Å². The quantitative estimate of drug-likeness (QED) is 0.710. The van der Waals surface area contributed by atoms with E-state index in [4.69, 9.17) is 28.4 Å². The largest absolute Gasteiger partial charge is 0.388 e. The lowest BCUT2D eigenvalue weighted by Crippen LogP contribution is -2.53. The summed E-state index contributed by atoms with van der Waals surface area (Å²) in [7, 11) is 0. The van der Waals surface area contributed by atoms with E-state index in [0.29, 0.717) is 24.7 Å². The van der Waals surface area contributed by atoms with Gasteiger partial charge in [-0.25, -0.2) is 4.98 Å². The van der Waals surface area contributed by atoms with Crippen molar-refractivity contribution in [2.75, 3.05) is 24.7 Å². The lowest BCUT2D eigenvalue weighted by molar-refractivity contribution is -0.121. The maximum Gasteiger partial charge on any atom is 0.242 e. The highest BCUT2D eigenvalue weighted by Crippen LogP contribution is 2.17. The average molecular weight is 266 g/mol. The van der Waals surface area contributed by atoms with Gasteiger partial charge in [-0.1, -0.05) is 18.3 Å². The van der Waals surface area contributed by atoms with Gasteiger partial charge < -0.3 is 21.1 Å². The first-order valence-electron chi connectivity index (χ1n) is 5.50. The highest BCUT2D eigenvalue weighted by molar-refractivity contribution is 7.80. The number of carbonyl (C=O) groups is 1. The first kappa shape index (κ1) is 12.7. The number of nitrogens with zero attached hydrogens (tertiary/aromatic N) is 2. The fraction of sp³-hybridized carbons (Fsp3) is 0.364. The molecule has 1 aliphatic heterocycles. The van der Waals surface area contributed by atoms with Crippen molar-refractivity contribution in [2.45, 2.75) is 6.04 Å². The molecule has 2 rings (SSSR count). The van der Waals surface area contributed by atoms with Crippen LogP contribution in [0.3, 0.4) is 0 Å². The van der Waals surface area contributed by atoms with E-state index in [1.807, 2.05) is 4.90 Å². The number of hydrogen-bond acceptors (Lipinski definition) is 5. The number of morpholine rings is 1. The van der Waals surface area contributed by atoms with Crippen molar-refractivity contribution in [1.82, 2.24) is 4.98 Å². The number of primary amides is 1. The minimum atomic E-state index is -0.507. The third-order valence-corrected chi connectivity index (χ3v) is 2.95. The van der Waals surface area contributed by atoms with Crippen molar-refractivity contribution >= 4 is 28.9 Å². The molecule has 1 unspecified atom stereocenters. The second kappa shape index (κ2) is 5.28. The van der Waals surface area contributed by atoms with Gasteiger partial charge in [0.05, 0.1) is 18.9 Å². The Morgan fingerprint density at radius 1 is 1.50 bits per heavy atom. The zero-order valence-corrected chi connectivity index (χ0v) is 10.5. The van der Waals surface area contributed by atoms with Crippen LogP contribution in [0, 0.1) is 0 Å². The molecule has 1 aliphatic rings. The molecule has 0 aromatic carbocycles. The average Bonchev–Trinajstić information content (AvgIpc) is 2.39. The standard InChI is InChI=1S/C11H14N4O2S/c12-10(16)8-6-17-5-4-15(8)9-3-1-2-7(14-9)11(13)18/h1-3,8H,4-6H2,(H2,12,16)(H2,13,18). The van der Waals surface area contributed by atoms with Gasteiger partial charge in [0.1, 0.15) is 16.8 Å². The van der Waals surface area contributed by atoms with E-state index in [2.05, 4.69) is 4.98 Å². The molecule has 1 saturated heterocycles. The van der Waals surface area contributed by atoms with Gasteiger partial charge in [-0.05, 0) is 12.1 Å². The summed E-state index contributed by atoms with van der Waals surface area (Å²) in [6, 6.07) is 4.81. The summed E-state index contributed by atoms with van der Waals surface area (Å²) in [6.07, 6.45) is 0. The van der Waals surface area contributed by atoms with Crippen molar-refractivity contribution in [1.29, 1.82) is 0 Å². The van der Waals surface area contributed by atoms with Crippen molar-refractivity contribution in [3.05, 3.63) is 23.9 Å². The van der Waals surface area contributed by atoms with Crippen LogP contribution in [0.1, 0.15) is 5.69 Å². The SMILES string of the molecule is NC(=O)C1COCCN1c1cccc(C(N)=S)n1. The van der Waals surface area contributed by atoms with Gasteiger partial charge in [0, 0.05) is 6.54 Å². The number of rotatable bonds is 3. The molecule has 0 saturated carbocycles. The second-order valence-corrected chi connectivity index (χ2v) is 4.37. The van der Waals surface area contributed by atoms with Crippen molar-refractivity contribution < 1.29 is 9.53 Å². The van der Waals surface area contributed by atoms with Gasteiger partial charge >= 0.3 is 0 Å². The van der Waals surface area contributed by atoms with E-state index in [9.17, 15) is 4.79 Å². The molecule has 1 fully saturated rings. The molecule has 2 heterocycles. The summed E-state index contributed by atoms with van der Waals surface area (Å²) >= 11 is 4.88. The predicted octanol–water partition coefficient (Wildman–Crippen LogP) is -0.594. The van der Waals surface area contributed by atoms with Crippen LogP contribution < -0.4 is 16.4 Å². The third kappa shape index (κ3) is 2.57. The second-order valence-electron chi connectivity index (χ2n) is 3.93. The number of ether oxygens (including phenoxy) is 1. The van der Waals surface area contributed by atoms with E-state index >= 15 is 0 Å². The van der Waals surface area contributed by atoms with E-state index in [-0.39, 0.29) is 11.6 Å². The van der Waals surface area contributed by atoms with Crippen molar-refractivity contribution in [3.63, 3.8) is 0 Å². The first-order valence-corrected chi connectivity index (χ1v) is 5.91. The number of amides is 1. The Bertz CT molecular complexity index is 480. The molecule has 6 nitrogen and oxygen atoms in total. The first-order chi connectivity index (χ1) is 8.59. The summed E-state index contributed by atoms with van der Waals surface area (Å²) in [6.45, 7) is 1.36. The van der Waals surface area contributed by atoms with Crippen LogP contribution in [-0.2, 0) is 9.53 Å². The number of pyridine rings is 1. The van der Waals surface area contributed by atoms with Crippen LogP contribution in [0.5, 0.6) is 0 Å². The summed E-state index contributed by atoms with van der Waals surface area (Å²) < 4.78 is 5.25. The lowest BCUT2D eigenvalue weighted by atomic mass is 10.2. The molecule has 1 atom stereocenters. The lowest BCUT2D eigenvalue weighted by Gasteiger charge is -2.34. The molecule has 0 spiro atoms. The minimum absolute atomic E-state index is 0.223. The van der Waals surface area contributed by atoms with Gasteiger partial charge in [-0.2, -0.15) is 0 Å². The van der Waals surface area contributed by atoms with Crippen LogP contribution in [0.4, 0.5) is 5.82 Å².